The molecule has 3 aromatic rings. The molecule has 1 N–H and O–H groups in total. The fourth-order valence-corrected chi connectivity index (χ4v) is 4.20. The number of rotatable bonds is 4. The van der Waals surface area contributed by atoms with Crippen LogP contribution < -0.4 is 5.32 Å². The van der Waals surface area contributed by atoms with Gasteiger partial charge in [-0.05, 0) is 60.2 Å². The Morgan fingerprint density at radius 2 is 1.69 bits per heavy atom. The Balaban J connectivity index is 1.52. The average Bonchev–Trinajstić information content (AvgIpc) is 2.78. The summed E-state index contributed by atoms with van der Waals surface area (Å²) in [5, 5.41) is 3.00. The standard InChI is InChI=1S/C24H22N2O2S/c1-29-22-10-6-5-9-21(22)23(27)25-20-12-11-17-13-14-26(16-19(17)15-20)24(28)18-7-3-2-4-8-18/h2-12,15H,13-14,16H2,1H3,(H,25,27). The summed E-state index contributed by atoms with van der Waals surface area (Å²) >= 11 is 1.55. The molecule has 0 unspecified atom stereocenters. The highest BCUT2D eigenvalue weighted by atomic mass is 32.2. The fourth-order valence-electron chi connectivity index (χ4n) is 3.60. The van der Waals surface area contributed by atoms with Gasteiger partial charge in [0.25, 0.3) is 11.8 Å². The summed E-state index contributed by atoms with van der Waals surface area (Å²) in [6, 6.07) is 22.9. The molecule has 0 saturated carbocycles. The number of anilines is 1. The number of amides is 2. The summed E-state index contributed by atoms with van der Waals surface area (Å²) in [5.74, 6) is -0.0810. The molecule has 4 nitrogen and oxygen atoms in total. The summed E-state index contributed by atoms with van der Waals surface area (Å²) < 4.78 is 0. The van der Waals surface area contributed by atoms with Crippen LogP contribution >= 0.6 is 11.8 Å². The zero-order valence-corrected chi connectivity index (χ0v) is 17.0. The summed E-state index contributed by atoms with van der Waals surface area (Å²) in [7, 11) is 0. The Labute approximate surface area is 174 Å². The van der Waals surface area contributed by atoms with Crippen LogP contribution in [-0.2, 0) is 13.0 Å². The van der Waals surface area contributed by atoms with Crippen LogP contribution in [0.25, 0.3) is 0 Å². The van der Waals surface area contributed by atoms with Crippen molar-refractivity contribution in [3.8, 4) is 0 Å². The van der Waals surface area contributed by atoms with Gasteiger partial charge in [-0.25, -0.2) is 0 Å². The highest BCUT2D eigenvalue weighted by molar-refractivity contribution is 7.98. The van der Waals surface area contributed by atoms with Gasteiger partial charge in [-0.3, -0.25) is 9.59 Å². The van der Waals surface area contributed by atoms with E-state index in [4.69, 9.17) is 0 Å². The zero-order chi connectivity index (χ0) is 20.2. The second kappa shape index (κ2) is 8.53. The van der Waals surface area contributed by atoms with Crippen LogP contribution in [0.15, 0.2) is 77.7 Å². The van der Waals surface area contributed by atoms with Crippen molar-refractivity contribution in [1.29, 1.82) is 0 Å². The van der Waals surface area contributed by atoms with Gasteiger partial charge in [-0.2, -0.15) is 0 Å². The van der Waals surface area contributed by atoms with E-state index in [0.29, 0.717) is 24.2 Å². The summed E-state index contributed by atoms with van der Waals surface area (Å²) in [5.41, 5.74) is 4.42. The van der Waals surface area contributed by atoms with Crippen LogP contribution in [0.5, 0.6) is 0 Å². The lowest BCUT2D eigenvalue weighted by Gasteiger charge is -2.29. The highest BCUT2D eigenvalue weighted by Gasteiger charge is 2.22. The second-order valence-electron chi connectivity index (χ2n) is 6.98. The van der Waals surface area contributed by atoms with Crippen molar-refractivity contribution in [2.24, 2.45) is 0 Å². The number of hydrogen-bond acceptors (Lipinski definition) is 3. The van der Waals surface area contributed by atoms with Crippen LogP contribution in [0.2, 0.25) is 0 Å². The highest BCUT2D eigenvalue weighted by Crippen LogP contribution is 2.25. The number of fused-ring (bicyclic) bond motifs is 1. The third-order valence-electron chi connectivity index (χ3n) is 5.14. The average molecular weight is 403 g/mol. The van der Waals surface area contributed by atoms with E-state index in [1.807, 2.05) is 77.9 Å². The molecule has 2 amide bonds. The third kappa shape index (κ3) is 4.20. The first kappa shape index (κ1) is 19.3. The van der Waals surface area contributed by atoms with E-state index in [9.17, 15) is 9.59 Å². The molecule has 3 aromatic carbocycles. The van der Waals surface area contributed by atoms with E-state index in [1.165, 1.54) is 5.56 Å². The molecule has 0 bridgehead atoms. The molecule has 146 valence electrons. The smallest absolute Gasteiger partial charge is 0.256 e. The molecule has 0 radical (unpaired) electrons. The molecule has 0 atom stereocenters. The molecular formula is C24H22N2O2S. The monoisotopic (exact) mass is 402 g/mol. The number of hydrogen-bond donors (Lipinski definition) is 1. The van der Waals surface area contributed by atoms with E-state index >= 15 is 0 Å². The van der Waals surface area contributed by atoms with Gasteiger partial charge in [-0.1, -0.05) is 36.4 Å². The van der Waals surface area contributed by atoms with Crippen molar-refractivity contribution in [3.63, 3.8) is 0 Å². The molecule has 0 aromatic heterocycles. The van der Waals surface area contributed by atoms with E-state index < -0.39 is 0 Å². The van der Waals surface area contributed by atoms with Gasteiger partial charge in [0, 0.05) is 29.2 Å². The summed E-state index contributed by atoms with van der Waals surface area (Å²) in [6.07, 6.45) is 2.78. The van der Waals surface area contributed by atoms with Crippen LogP contribution in [-0.4, -0.2) is 29.5 Å². The van der Waals surface area contributed by atoms with Gasteiger partial charge in [0.15, 0.2) is 0 Å². The van der Waals surface area contributed by atoms with Crippen LogP contribution in [0.3, 0.4) is 0 Å². The Kier molecular flexibility index (Phi) is 5.67. The van der Waals surface area contributed by atoms with Crippen molar-refractivity contribution >= 4 is 29.3 Å². The maximum Gasteiger partial charge on any atom is 0.256 e. The Bertz CT molecular complexity index is 1050. The second-order valence-corrected chi connectivity index (χ2v) is 7.83. The molecule has 5 heteroatoms. The van der Waals surface area contributed by atoms with Crippen molar-refractivity contribution in [2.45, 2.75) is 17.9 Å². The van der Waals surface area contributed by atoms with Crippen LogP contribution in [0, 0.1) is 0 Å². The summed E-state index contributed by atoms with van der Waals surface area (Å²) in [4.78, 5) is 28.3. The van der Waals surface area contributed by atoms with Crippen molar-refractivity contribution in [1.82, 2.24) is 4.90 Å². The van der Waals surface area contributed by atoms with E-state index in [2.05, 4.69) is 11.4 Å². The molecule has 0 saturated heterocycles. The number of nitrogens with one attached hydrogen (secondary N) is 1. The molecule has 0 fully saturated rings. The lowest BCUT2D eigenvalue weighted by atomic mass is 9.98. The lowest BCUT2D eigenvalue weighted by molar-refractivity contribution is 0.0734. The van der Waals surface area contributed by atoms with Crippen molar-refractivity contribution < 1.29 is 9.59 Å². The van der Waals surface area contributed by atoms with Gasteiger partial charge < -0.3 is 10.2 Å². The van der Waals surface area contributed by atoms with Gasteiger partial charge in [0.05, 0.1) is 5.56 Å². The minimum Gasteiger partial charge on any atom is -0.334 e. The van der Waals surface area contributed by atoms with Crippen molar-refractivity contribution in [2.75, 3.05) is 18.1 Å². The molecule has 1 heterocycles. The van der Waals surface area contributed by atoms with Crippen molar-refractivity contribution in [3.05, 3.63) is 95.1 Å². The first-order valence-electron chi connectivity index (χ1n) is 9.56. The molecule has 0 spiro atoms. The topological polar surface area (TPSA) is 49.4 Å². The number of carbonyl (C=O) groups is 2. The quantitative estimate of drug-likeness (QED) is 0.634. The number of benzene rings is 3. The Morgan fingerprint density at radius 3 is 2.48 bits per heavy atom. The minimum atomic E-state index is -0.122. The van der Waals surface area contributed by atoms with Gasteiger partial charge in [-0.15, -0.1) is 11.8 Å². The lowest BCUT2D eigenvalue weighted by Crippen LogP contribution is -2.36. The fraction of sp³-hybridized carbons (Fsp3) is 0.167. The normalized spacial score (nSPS) is 12.9. The Morgan fingerprint density at radius 1 is 0.931 bits per heavy atom. The van der Waals surface area contributed by atoms with E-state index in [1.54, 1.807) is 11.8 Å². The molecular weight excluding hydrogens is 380 g/mol. The zero-order valence-electron chi connectivity index (χ0n) is 16.2. The first-order chi connectivity index (χ1) is 14.2. The SMILES string of the molecule is CSc1ccccc1C(=O)Nc1ccc2c(c1)CN(C(=O)c1ccccc1)CC2. The van der Waals surface area contributed by atoms with Gasteiger partial charge >= 0.3 is 0 Å². The van der Waals surface area contributed by atoms with Crippen LogP contribution in [0.1, 0.15) is 31.8 Å². The maximum atomic E-state index is 12.8. The largest absolute Gasteiger partial charge is 0.334 e. The van der Waals surface area contributed by atoms with Gasteiger partial charge in [0.1, 0.15) is 0 Å². The Hall–Kier alpha value is -3.05. The maximum absolute atomic E-state index is 12.8. The minimum absolute atomic E-state index is 0.0413. The van der Waals surface area contributed by atoms with Crippen LogP contribution in [0.4, 0.5) is 5.69 Å². The molecule has 29 heavy (non-hydrogen) atoms. The summed E-state index contributed by atoms with van der Waals surface area (Å²) in [6.45, 7) is 1.25. The molecule has 4 rings (SSSR count). The first-order valence-corrected chi connectivity index (χ1v) is 10.8. The number of thioether (sulfide) groups is 1. The molecule has 1 aliphatic heterocycles. The predicted octanol–water partition coefficient (Wildman–Crippen LogP) is 4.86. The molecule has 1 aliphatic rings. The molecule has 0 aliphatic carbocycles. The predicted molar refractivity (Wildman–Crippen MR) is 118 cm³/mol. The van der Waals surface area contributed by atoms with E-state index in [0.717, 1.165) is 22.6 Å². The third-order valence-corrected chi connectivity index (χ3v) is 5.93. The number of nitrogens with zero attached hydrogens (tertiary/aromatic N) is 1. The number of carbonyl (C=O) groups excluding carboxylic acids is 2. The van der Waals surface area contributed by atoms with Gasteiger partial charge in [0.2, 0.25) is 0 Å². The van der Waals surface area contributed by atoms with E-state index in [-0.39, 0.29) is 11.8 Å².